The number of aryl methyl sites for hydroxylation is 1. The molecular formula is C11H15BrClNO. The second-order valence-corrected chi connectivity index (χ2v) is 4.57. The summed E-state index contributed by atoms with van der Waals surface area (Å²) in [5, 5.41) is 12.5. The number of hydrogen-bond acceptors (Lipinski definition) is 2. The molecule has 84 valence electrons. The predicted molar refractivity (Wildman–Crippen MR) is 68.7 cm³/mol. The van der Waals surface area contributed by atoms with Crippen LogP contribution in [0.2, 0.25) is 0 Å². The largest absolute Gasteiger partial charge is 0.390 e. The fourth-order valence-corrected chi connectivity index (χ4v) is 1.83. The monoisotopic (exact) mass is 291 g/mol. The Morgan fingerprint density at radius 2 is 2.27 bits per heavy atom. The second kappa shape index (κ2) is 6.36. The van der Waals surface area contributed by atoms with Gasteiger partial charge in [0.05, 0.1) is 12.0 Å². The first-order valence-electron chi connectivity index (χ1n) is 4.93. The SMILES string of the molecule is CCc1cc(Br)ccc1NCC(O)CCl. The highest BCUT2D eigenvalue weighted by molar-refractivity contribution is 9.10. The van der Waals surface area contributed by atoms with Gasteiger partial charge in [-0.15, -0.1) is 11.6 Å². The van der Waals surface area contributed by atoms with Gasteiger partial charge in [-0.25, -0.2) is 0 Å². The number of aliphatic hydroxyl groups excluding tert-OH is 1. The van der Waals surface area contributed by atoms with E-state index in [4.69, 9.17) is 11.6 Å². The molecule has 2 N–H and O–H groups in total. The lowest BCUT2D eigenvalue weighted by Gasteiger charge is -2.13. The Morgan fingerprint density at radius 3 is 2.87 bits per heavy atom. The molecule has 0 spiro atoms. The minimum absolute atomic E-state index is 0.255. The Morgan fingerprint density at radius 1 is 1.53 bits per heavy atom. The third kappa shape index (κ3) is 4.01. The summed E-state index contributed by atoms with van der Waals surface area (Å²) in [6.07, 6.45) is 0.457. The molecule has 1 atom stereocenters. The van der Waals surface area contributed by atoms with E-state index in [-0.39, 0.29) is 5.88 Å². The standard InChI is InChI=1S/C11H15BrClNO/c1-2-8-5-9(12)3-4-11(8)14-7-10(15)6-13/h3-5,10,14-15H,2,6-7H2,1H3. The van der Waals surface area contributed by atoms with Gasteiger partial charge in [0.15, 0.2) is 0 Å². The van der Waals surface area contributed by atoms with Crippen molar-refractivity contribution in [3.05, 3.63) is 28.2 Å². The first-order valence-corrected chi connectivity index (χ1v) is 6.26. The van der Waals surface area contributed by atoms with E-state index < -0.39 is 6.10 Å². The van der Waals surface area contributed by atoms with Crippen molar-refractivity contribution in [1.29, 1.82) is 0 Å². The van der Waals surface area contributed by atoms with Crippen molar-refractivity contribution in [3.8, 4) is 0 Å². The number of nitrogens with one attached hydrogen (secondary N) is 1. The number of anilines is 1. The first-order chi connectivity index (χ1) is 7.17. The van der Waals surface area contributed by atoms with Crippen molar-refractivity contribution in [2.24, 2.45) is 0 Å². The topological polar surface area (TPSA) is 32.3 Å². The minimum atomic E-state index is -0.500. The smallest absolute Gasteiger partial charge is 0.0847 e. The fourth-order valence-electron chi connectivity index (χ4n) is 1.31. The number of benzene rings is 1. The van der Waals surface area contributed by atoms with Crippen LogP contribution >= 0.6 is 27.5 Å². The van der Waals surface area contributed by atoms with Crippen molar-refractivity contribution >= 4 is 33.2 Å². The van der Waals surface area contributed by atoms with Crippen molar-refractivity contribution in [1.82, 2.24) is 0 Å². The van der Waals surface area contributed by atoms with E-state index in [9.17, 15) is 5.11 Å². The van der Waals surface area contributed by atoms with Gasteiger partial charge in [-0.3, -0.25) is 0 Å². The maximum atomic E-state index is 9.33. The van der Waals surface area contributed by atoms with Gasteiger partial charge in [0.1, 0.15) is 0 Å². The molecule has 0 fully saturated rings. The zero-order valence-electron chi connectivity index (χ0n) is 8.63. The highest BCUT2D eigenvalue weighted by Gasteiger charge is 2.04. The maximum Gasteiger partial charge on any atom is 0.0847 e. The van der Waals surface area contributed by atoms with Crippen LogP contribution in [0, 0.1) is 0 Å². The molecule has 2 nitrogen and oxygen atoms in total. The zero-order chi connectivity index (χ0) is 11.3. The molecule has 0 heterocycles. The molecule has 0 aromatic heterocycles. The van der Waals surface area contributed by atoms with E-state index in [1.165, 1.54) is 5.56 Å². The molecule has 0 saturated carbocycles. The Kier molecular flexibility index (Phi) is 5.43. The summed E-state index contributed by atoms with van der Waals surface area (Å²) in [5.74, 6) is 0.255. The average molecular weight is 293 g/mol. The minimum Gasteiger partial charge on any atom is -0.390 e. The van der Waals surface area contributed by atoms with Crippen molar-refractivity contribution in [3.63, 3.8) is 0 Å². The molecule has 1 unspecified atom stereocenters. The molecule has 0 aliphatic carbocycles. The van der Waals surface area contributed by atoms with Gasteiger partial charge >= 0.3 is 0 Å². The van der Waals surface area contributed by atoms with Gasteiger partial charge in [0.25, 0.3) is 0 Å². The van der Waals surface area contributed by atoms with Gasteiger partial charge in [-0.1, -0.05) is 22.9 Å². The molecule has 0 aliphatic heterocycles. The summed E-state index contributed by atoms with van der Waals surface area (Å²) in [6, 6.07) is 6.06. The number of aliphatic hydroxyl groups is 1. The second-order valence-electron chi connectivity index (χ2n) is 3.34. The third-order valence-corrected chi connectivity index (χ3v) is 3.00. The third-order valence-electron chi connectivity index (χ3n) is 2.15. The summed E-state index contributed by atoms with van der Waals surface area (Å²) in [4.78, 5) is 0. The average Bonchev–Trinajstić information content (AvgIpc) is 2.26. The molecule has 0 bridgehead atoms. The molecule has 1 aromatic carbocycles. The molecule has 15 heavy (non-hydrogen) atoms. The van der Waals surface area contributed by atoms with Crippen LogP contribution in [-0.2, 0) is 6.42 Å². The number of hydrogen-bond donors (Lipinski definition) is 2. The van der Waals surface area contributed by atoms with E-state index in [1.54, 1.807) is 0 Å². The summed E-state index contributed by atoms with van der Waals surface area (Å²) in [7, 11) is 0. The molecule has 1 aromatic rings. The molecule has 0 radical (unpaired) electrons. The normalized spacial score (nSPS) is 12.5. The van der Waals surface area contributed by atoms with E-state index >= 15 is 0 Å². The van der Waals surface area contributed by atoms with Crippen LogP contribution in [0.1, 0.15) is 12.5 Å². The van der Waals surface area contributed by atoms with Crippen LogP contribution in [0.3, 0.4) is 0 Å². The van der Waals surface area contributed by atoms with Crippen molar-refractivity contribution in [2.45, 2.75) is 19.4 Å². The van der Waals surface area contributed by atoms with Crippen LogP contribution in [0.4, 0.5) is 5.69 Å². The van der Waals surface area contributed by atoms with Gasteiger partial charge in [-0.05, 0) is 30.2 Å². The van der Waals surface area contributed by atoms with E-state index in [1.807, 2.05) is 12.1 Å². The van der Waals surface area contributed by atoms with Crippen LogP contribution in [0.25, 0.3) is 0 Å². The fraction of sp³-hybridized carbons (Fsp3) is 0.455. The maximum absolute atomic E-state index is 9.33. The van der Waals surface area contributed by atoms with Crippen molar-refractivity contribution in [2.75, 3.05) is 17.7 Å². The summed E-state index contributed by atoms with van der Waals surface area (Å²) in [6.45, 7) is 2.59. The Hall–Kier alpha value is -0.250. The summed E-state index contributed by atoms with van der Waals surface area (Å²) >= 11 is 8.95. The van der Waals surface area contributed by atoms with E-state index in [0.29, 0.717) is 6.54 Å². The van der Waals surface area contributed by atoms with Crippen LogP contribution in [-0.4, -0.2) is 23.6 Å². The number of rotatable bonds is 5. The molecule has 0 amide bonds. The van der Waals surface area contributed by atoms with E-state index in [0.717, 1.165) is 16.6 Å². The molecular weight excluding hydrogens is 277 g/mol. The Balaban J connectivity index is 2.67. The first kappa shape index (κ1) is 12.8. The summed E-state index contributed by atoms with van der Waals surface area (Å²) < 4.78 is 1.07. The van der Waals surface area contributed by atoms with E-state index in [2.05, 4.69) is 34.2 Å². The van der Waals surface area contributed by atoms with Gasteiger partial charge in [0, 0.05) is 16.7 Å². The lowest BCUT2D eigenvalue weighted by molar-refractivity contribution is 0.211. The molecule has 4 heteroatoms. The number of alkyl halides is 1. The van der Waals surface area contributed by atoms with Crippen molar-refractivity contribution < 1.29 is 5.11 Å². The lowest BCUT2D eigenvalue weighted by atomic mass is 10.1. The summed E-state index contributed by atoms with van der Waals surface area (Å²) in [5.41, 5.74) is 2.29. The van der Waals surface area contributed by atoms with Crippen LogP contribution in [0.15, 0.2) is 22.7 Å². The lowest BCUT2D eigenvalue weighted by Crippen LogP contribution is -2.21. The molecule has 1 rings (SSSR count). The quantitative estimate of drug-likeness (QED) is 0.818. The van der Waals surface area contributed by atoms with Crippen LogP contribution in [0.5, 0.6) is 0 Å². The van der Waals surface area contributed by atoms with Gasteiger partial charge in [0.2, 0.25) is 0 Å². The predicted octanol–water partition coefficient (Wildman–Crippen LogP) is 3.02. The highest BCUT2D eigenvalue weighted by Crippen LogP contribution is 2.21. The molecule has 0 saturated heterocycles. The van der Waals surface area contributed by atoms with Gasteiger partial charge in [-0.2, -0.15) is 0 Å². The van der Waals surface area contributed by atoms with Crippen LogP contribution < -0.4 is 5.32 Å². The Bertz CT molecular complexity index is 319. The molecule has 0 aliphatic rings. The zero-order valence-corrected chi connectivity index (χ0v) is 11.0. The van der Waals surface area contributed by atoms with Gasteiger partial charge < -0.3 is 10.4 Å². The number of halogens is 2. The Labute approximate surface area is 104 Å². The highest BCUT2D eigenvalue weighted by atomic mass is 79.9.